The molecule has 1 N–H and O–H groups in total. The Balaban J connectivity index is 1.49. The van der Waals surface area contributed by atoms with Gasteiger partial charge < -0.3 is 10.1 Å². The summed E-state index contributed by atoms with van der Waals surface area (Å²) in [5, 5.41) is 2.85. The fourth-order valence-corrected chi connectivity index (χ4v) is 5.25. The number of rotatable bonds is 9. The average Bonchev–Trinajstić information content (AvgIpc) is 3.09. The standard InChI is InChI=1S/C24H32N2O4S/c1-20(21-11-5-4-6-12-21)30-18-10-15-25-24(27)22-13-9-14-23(19-22)31(28,29)26-16-7-2-3-8-17-26/h4-6,9,11-14,19-20H,2-3,7-8,10,15-18H2,1H3,(H,25,27). The lowest BCUT2D eigenvalue weighted by atomic mass is 10.1. The van der Waals surface area contributed by atoms with Crippen molar-refractivity contribution in [2.45, 2.75) is 50.0 Å². The highest BCUT2D eigenvalue weighted by Crippen LogP contribution is 2.21. The third-order valence-electron chi connectivity index (χ3n) is 5.54. The first-order valence-electron chi connectivity index (χ1n) is 11.0. The summed E-state index contributed by atoms with van der Waals surface area (Å²) in [5.74, 6) is -0.274. The summed E-state index contributed by atoms with van der Waals surface area (Å²) in [6.07, 6.45) is 4.55. The van der Waals surface area contributed by atoms with Gasteiger partial charge in [-0.1, -0.05) is 49.2 Å². The van der Waals surface area contributed by atoms with Crippen LogP contribution in [-0.4, -0.2) is 44.9 Å². The van der Waals surface area contributed by atoms with Crippen molar-refractivity contribution < 1.29 is 17.9 Å². The topological polar surface area (TPSA) is 75.7 Å². The maximum atomic E-state index is 13.0. The summed E-state index contributed by atoms with van der Waals surface area (Å²) in [7, 11) is -3.57. The maximum absolute atomic E-state index is 13.0. The van der Waals surface area contributed by atoms with Crippen LogP contribution in [0.5, 0.6) is 0 Å². The predicted octanol–water partition coefficient (Wildman–Crippen LogP) is 4.15. The molecular formula is C24H32N2O4S. The molecule has 168 valence electrons. The van der Waals surface area contributed by atoms with Crippen molar-refractivity contribution in [1.29, 1.82) is 0 Å². The van der Waals surface area contributed by atoms with Crippen LogP contribution < -0.4 is 5.32 Å². The van der Waals surface area contributed by atoms with Crippen LogP contribution in [0.4, 0.5) is 0 Å². The second-order valence-corrected chi connectivity index (χ2v) is 9.82. The molecule has 1 aliphatic rings. The van der Waals surface area contributed by atoms with E-state index in [0.29, 0.717) is 38.2 Å². The van der Waals surface area contributed by atoms with Crippen molar-refractivity contribution in [3.05, 3.63) is 65.7 Å². The minimum atomic E-state index is -3.57. The third kappa shape index (κ3) is 6.63. The molecule has 0 aliphatic carbocycles. The number of ether oxygens (including phenoxy) is 1. The normalized spacial score (nSPS) is 16.4. The molecule has 1 aliphatic heterocycles. The summed E-state index contributed by atoms with van der Waals surface area (Å²) in [5.41, 5.74) is 1.48. The van der Waals surface area contributed by atoms with Gasteiger partial charge in [-0.3, -0.25) is 4.79 Å². The van der Waals surface area contributed by atoms with Gasteiger partial charge in [0, 0.05) is 31.8 Å². The molecule has 1 saturated heterocycles. The lowest BCUT2D eigenvalue weighted by Gasteiger charge is -2.20. The highest BCUT2D eigenvalue weighted by Gasteiger charge is 2.25. The molecule has 7 heteroatoms. The van der Waals surface area contributed by atoms with E-state index in [-0.39, 0.29) is 16.9 Å². The van der Waals surface area contributed by atoms with Gasteiger partial charge in [0.2, 0.25) is 10.0 Å². The fourth-order valence-electron chi connectivity index (χ4n) is 3.69. The van der Waals surface area contributed by atoms with Gasteiger partial charge in [-0.2, -0.15) is 4.31 Å². The van der Waals surface area contributed by atoms with Gasteiger partial charge in [0.05, 0.1) is 11.0 Å². The van der Waals surface area contributed by atoms with Crippen molar-refractivity contribution in [1.82, 2.24) is 9.62 Å². The van der Waals surface area contributed by atoms with Gasteiger partial charge in [0.25, 0.3) is 5.91 Å². The third-order valence-corrected chi connectivity index (χ3v) is 7.44. The van der Waals surface area contributed by atoms with Crippen LogP contribution in [0.3, 0.4) is 0 Å². The molecule has 0 radical (unpaired) electrons. The molecule has 1 atom stereocenters. The van der Waals surface area contributed by atoms with E-state index in [0.717, 1.165) is 31.2 Å². The molecule has 1 fully saturated rings. The fraction of sp³-hybridized carbons (Fsp3) is 0.458. The Morgan fingerprint density at radius 1 is 1.03 bits per heavy atom. The van der Waals surface area contributed by atoms with Crippen LogP contribution >= 0.6 is 0 Å². The van der Waals surface area contributed by atoms with Gasteiger partial charge >= 0.3 is 0 Å². The highest BCUT2D eigenvalue weighted by molar-refractivity contribution is 7.89. The van der Waals surface area contributed by atoms with E-state index < -0.39 is 10.0 Å². The second-order valence-electron chi connectivity index (χ2n) is 7.88. The number of nitrogens with one attached hydrogen (secondary N) is 1. The Labute approximate surface area is 185 Å². The summed E-state index contributed by atoms with van der Waals surface area (Å²) in [4.78, 5) is 12.7. The van der Waals surface area contributed by atoms with E-state index in [1.165, 1.54) is 6.07 Å². The van der Waals surface area contributed by atoms with E-state index in [1.807, 2.05) is 37.3 Å². The summed E-state index contributed by atoms with van der Waals surface area (Å²) in [6.45, 7) is 4.08. The first-order valence-corrected chi connectivity index (χ1v) is 12.5. The zero-order valence-electron chi connectivity index (χ0n) is 18.1. The Kier molecular flexibility index (Phi) is 8.63. The SMILES string of the molecule is CC(OCCCNC(=O)c1cccc(S(=O)(=O)N2CCCCCC2)c1)c1ccccc1. The molecule has 1 heterocycles. The zero-order chi connectivity index (χ0) is 22.1. The molecule has 0 aromatic heterocycles. The lowest BCUT2D eigenvalue weighted by Crippen LogP contribution is -2.32. The average molecular weight is 445 g/mol. The van der Waals surface area contributed by atoms with Crippen LogP contribution in [0, 0.1) is 0 Å². The number of benzene rings is 2. The number of nitrogens with zero attached hydrogens (tertiary/aromatic N) is 1. The Bertz CT molecular complexity index is 939. The molecule has 0 spiro atoms. The van der Waals surface area contributed by atoms with E-state index in [4.69, 9.17) is 4.74 Å². The number of carbonyl (C=O) groups is 1. The molecule has 2 aromatic carbocycles. The van der Waals surface area contributed by atoms with Gasteiger partial charge in [0.1, 0.15) is 0 Å². The first kappa shape index (κ1) is 23.4. The van der Waals surface area contributed by atoms with Crippen LogP contribution in [0.15, 0.2) is 59.5 Å². The van der Waals surface area contributed by atoms with E-state index in [9.17, 15) is 13.2 Å². The van der Waals surface area contributed by atoms with Gasteiger partial charge in [-0.25, -0.2) is 8.42 Å². The minimum absolute atomic E-state index is 0.00206. The first-order chi connectivity index (χ1) is 15.0. The number of carbonyl (C=O) groups excluding carboxylic acids is 1. The number of hydrogen-bond acceptors (Lipinski definition) is 4. The minimum Gasteiger partial charge on any atom is -0.374 e. The highest BCUT2D eigenvalue weighted by atomic mass is 32.2. The number of sulfonamides is 1. The van der Waals surface area contributed by atoms with Gasteiger partial charge in [-0.05, 0) is 49.9 Å². The van der Waals surface area contributed by atoms with E-state index >= 15 is 0 Å². The van der Waals surface area contributed by atoms with Crippen molar-refractivity contribution in [2.24, 2.45) is 0 Å². The van der Waals surface area contributed by atoms with Gasteiger partial charge in [0.15, 0.2) is 0 Å². The van der Waals surface area contributed by atoms with E-state index in [2.05, 4.69) is 5.32 Å². The number of hydrogen-bond donors (Lipinski definition) is 1. The largest absolute Gasteiger partial charge is 0.374 e. The van der Waals surface area contributed by atoms with Crippen LogP contribution in [0.2, 0.25) is 0 Å². The van der Waals surface area contributed by atoms with Crippen molar-refractivity contribution in [3.63, 3.8) is 0 Å². The molecule has 2 aromatic rings. The van der Waals surface area contributed by atoms with Crippen LogP contribution in [0.1, 0.15) is 61.1 Å². The van der Waals surface area contributed by atoms with Crippen molar-refractivity contribution in [3.8, 4) is 0 Å². The smallest absolute Gasteiger partial charge is 0.251 e. The molecule has 3 rings (SSSR count). The van der Waals surface area contributed by atoms with Crippen LogP contribution in [-0.2, 0) is 14.8 Å². The van der Waals surface area contributed by atoms with Crippen molar-refractivity contribution >= 4 is 15.9 Å². The number of amides is 1. The summed E-state index contributed by atoms with van der Waals surface area (Å²) < 4.78 is 33.3. The van der Waals surface area contributed by atoms with Crippen molar-refractivity contribution in [2.75, 3.05) is 26.2 Å². The maximum Gasteiger partial charge on any atom is 0.251 e. The molecule has 6 nitrogen and oxygen atoms in total. The second kappa shape index (κ2) is 11.4. The monoisotopic (exact) mass is 444 g/mol. The Morgan fingerprint density at radius 3 is 2.45 bits per heavy atom. The molecular weight excluding hydrogens is 412 g/mol. The molecule has 0 bridgehead atoms. The summed E-state index contributed by atoms with van der Waals surface area (Å²) >= 11 is 0. The molecule has 1 amide bonds. The van der Waals surface area contributed by atoms with E-state index in [1.54, 1.807) is 22.5 Å². The molecule has 1 unspecified atom stereocenters. The molecule has 31 heavy (non-hydrogen) atoms. The summed E-state index contributed by atoms with van der Waals surface area (Å²) in [6, 6.07) is 16.3. The molecule has 0 saturated carbocycles. The Morgan fingerprint density at radius 2 is 1.74 bits per heavy atom. The predicted molar refractivity (Wildman–Crippen MR) is 121 cm³/mol. The Hall–Kier alpha value is -2.22. The van der Waals surface area contributed by atoms with Crippen LogP contribution in [0.25, 0.3) is 0 Å². The lowest BCUT2D eigenvalue weighted by molar-refractivity contribution is 0.0635. The quantitative estimate of drug-likeness (QED) is 0.590. The van der Waals surface area contributed by atoms with Gasteiger partial charge in [-0.15, -0.1) is 0 Å². The zero-order valence-corrected chi connectivity index (χ0v) is 18.9.